The molecule has 0 spiro atoms. The molecule has 0 aliphatic carbocycles. The Hall–Kier alpha value is -1.06. The molecule has 0 saturated carbocycles. The number of halogens is 1. The van der Waals surface area contributed by atoms with E-state index in [1.807, 2.05) is 0 Å². The molecule has 2 saturated heterocycles. The molecular formula is C22H35ClN2O. The third-order valence-corrected chi connectivity index (χ3v) is 6.05. The van der Waals surface area contributed by atoms with Gasteiger partial charge in [0.15, 0.2) is 0 Å². The van der Waals surface area contributed by atoms with Gasteiger partial charge in [-0.2, -0.15) is 0 Å². The van der Waals surface area contributed by atoms with E-state index in [9.17, 15) is 4.79 Å². The zero-order valence-corrected chi connectivity index (χ0v) is 17.1. The number of carbonyl (C=O) groups is 1. The fraction of sp³-hybridized carbons (Fsp3) is 0.682. The van der Waals surface area contributed by atoms with Gasteiger partial charge in [0.2, 0.25) is 5.91 Å². The number of benzene rings is 1. The number of fused-ring (bicyclic) bond motifs is 2. The molecule has 2 aliphatic heterocycles. The van der Waals surface area contributed by atoms with Crippen molar-refractivity contribution in [1.29, 1.82) is 0 Å². The van der Waals surface area contributed by atoms with Crippen LogP contribution in [0.3, 0.4) is 0 Å². The summed E-state index contributed by atoms with van der Waals surface area (Å²) in [4.78, 5) is 15.4. The molecule has 3 atom stereocenters. The van der Waals surface area contributed by atoms with E-state index in [1.54, 1.807) is 0 Å². The molecule has 2 fully saturated rings. The zero-order chi connectivity index (χ0) is 17.6. The van der Waals surface area contributed by atoms with Gasteiger partial charge >= 0.3 is 0 Å². The van der Waals surface area contributed by atoms with Crippen LogP contribution >= 0.6 is 12.4 Å². The Morgan fingerprint density at radius 1 is 1.15 bits per heavy atom. The first kappa shape index (κ1) is 21.2. The first-order valence-electron chi connectivity index (χ1n) is 10.3. The maximum Gasteiger partial charge on any atom is 0.223 e. The number of nitrogens with zero attached hydrogens (tertiary/aromatic N) is 1. The third-order valence-electron chi connectivity index (χ3n) is 6.05. The maximum atomic E-state index is 13.2. The first-order chi connectivity index (χ1) is 12.2. The summed E-state index contributed by atoms with van der Waals surface area (Å²) in [6.45, 7) is 5.30. The number of rotatable bonds is 8. The van der Waals surface area contributed by atoms with Crippen molar-refractivity contribution in [3.8, 4) is 0 Å². The summed E-state index contributed by atoms with van der Waals surface area (Å²) in [6.07, 6.45) is 8.92. The number of piperidine rings is 1. The molecule has 3 rings (SSSR count). The normalized spacial score (nSPS) is 25.4. The molecule has 3 nitrogen and oxygen atoms in total. The van der Waals surface area contributed by atoms with Gasteiger partial charge in [-0.1, -0.05) is 50.6 Å². The van der Waals surface area contributed by atoms with Gasteiger partial charge in [-0.3, -0.25) is 4.79 Å². The Bertz CT molecular complexity index is 538. The highest BCUT2D eigenvalue weighted by molar-refractivity contribution is 5.85. The van der Waals surface area contributed by atoms with Gasteiger partial charge in [-0.15, -0.1) is 12.4 Å². The molecule has 0 radical (unpaired) electrons. The van der Waals surface area contributed by atoms with Gasteiger partial charge in [0.25, 0.3) is 0 Å². The average molecular weight is 379 g/mol. The average Bonchev–Trinajstić information content (AvgIpc) is 2.97. The number of carbonyl (C=O) groups excluding carboxylic acids is 1. The molecule has 2 bridgehead atoms. The van der Waals surface area contributed by atoms with E-state index >= 15 is 0 Å². The number of amides is 1. The minimum Gasteiger partial charge on any atom is -0.336 e. The van der Waals surface area contributed by atoms with Crippen molar-refractivity contribution in [3.05, 3.63) is 35.9 Å². The van der Waals surface area contributed by atoms with E-state index < -0.39 is 0 Å². The second-order valence-corrected chi connectivity index (χ2v) is 7.95. The fourth-order valence-corrected chi connectivity index (χ4v) is 4.80. The van der Waals surface area contributed by atoms with E-state index in [0.29, 0.717) is 23.9 Å². The molecule has 3 unspecified atom stereocenters. The van der Waals surface area contributed by atoms with Crippen molar-refractivity contribution in [2.45, 2.75) is 83.3 Å². The molecule has 26 heavy (non-hydrogen) atoms. The summed E-state index contributed by atoms with van der Waals surface area (Å²) in [7, 11) is 0. The zero-order valence-electron chi connectivity index (χ0n) is 16.3. The SMILES string of the molecule is CCCCN(C(=O)CC1CC2CCC(C1)N2)C(CC)c1ccccc1.Cl. The second-order valence-electron chi connectivity index (χ2n) is 7.95. The van der Waals surface area contributed by atoms with Gasteiger partial charge in [0, 0.05) is 25.0 Å². The van der Waals surface area contributed by atoms with Crippen LogP contribution in [0.2, 0.25) is 0 Å². The molecule has 1 aromatic carbocycles. The Morgan fingerprint density at radius 2 is 1.81 bits per heavy atom. The van der Waals surface area contributed by atoms with E-state index in [0.717, 1.165) is 32.2 Å². The largest absolute Gasteiger partial charge is 0.336 e. The lowest BCUT2D eigenvalue weighted by atomic mass is 9.88. The van der Waals surface area contributed by atoms with Crippen LogP contribution in [0.4, 0.5) is 0 Å². The van der Waals surface area contributed by atoms with Gasteiger partial charge in [-0.05, 0) is 50.0 Å². The number of hydrogen-bond acceptors (Lipinski definition) is 2. The monoisotopic (exact) mass is 378 g/mol. The minimum absolute atomic E-state index is 0. The van der Waals surface area contributed by atoms with Crippen LogP contribution in [0.5, 0.6) is 0 Å². The van der Waals surface area contributed by atoms with Crippen molar-refractivity contribution in [2.24, 2.45) is 5.92 Å². The highest BCUT2D eigenvalue weighted by Crippen LogP contribution is 2.34. The predicted molar refractivity (Wildman–Crippen MR) is 111 cm³/mol. The highest BCUT2D eigenvalue weighted by Gasteiger charge is 2.35. The van der Waals surface area contributed by atoms with Crippen LogP contribution < -0.4 is 5.32 Å². The standard InChI is InChI=1S/C22H34N2O.ClH/c1-3-5-13-24(21(4-2)18-9-7-6-8-10-18)22(25)16-17-14-19-11-12-20(15-17)23-19;/h6-10,17,19-21,23H,3-5,11-16H2,1-2H3;1H. The molecule has 1 aromatic rings. The van der Waals surface area contributed by atoms with Crippen molar-refractivity contribution < 1.29 is 4.79 Å². The molecule has 1 amide bonds. The van der Waals surface area contributed by atoms with Crippen molar-refractivity contribution in [3.63, 3.8) is 0 Å². The predicted octanol–water partition coefficient (Wildman–Crippen LogP) is 5.11. The molecule has 1 N–H and O–H groups in total. The topological polar surface area (TPSA) is 32.3 Å². The number of unbranched alkanes of at least 4 members (excludes halogenated alkanes) is 1. The van der Waals surface area contributed by atoms with Crippen LogP contribution in [0.25, 0.3) is 0 Å². The van der Waals surface area contributed by atoms with Crippen LogP contribution in [-0.4, -0.2) is 29.4 Å². The molecular weight excluding hydrogens is 344 g/mol. The molecule has 2 aliphatic rings. The Kier molecular flexibility index (Phi) is 8.43. The Balaban J connectivity index is 0.00000243. The molecule has 0 aromatic heterocycles. The summed E-state index contributed by atoms with van der Waals surface area (Å²) in [5.41, 5.74) is 1.28. The summed E-state index contributed by atoms with van der Waals surface area (Å²) in [5.74, 6) is 0.944. The van der Waals surface area contributed by atoms with Crippen LogP contribution in [0.15, 0.2) is 30.3 Å². The summed E-state index contributed by atoms with van der Waals surface area (Å²) in [6, 6.07) is 12.1. The lowest BCUT2D eigenvalue weighted by molar-refractivity contribution is -0.135. The smallest absolute Gasteiger partial charge is 0.223 e. The lowest BCUT2D eigenvalue weighted by Crippen LogP contribution is -2.41. The molecule has 2 heterocycles. The van der Waals surface area contributed by atoms with Gasteiger partial charge in [0.1, 0.15) is 0 Å². The van der Waals surface area contributed by atoms with Crippen molar-refractivity contribution in [2.75, 3.05) is 6.54 Å². The highest BCUT2D eigenvalue weighted by atomic mass is 35.5. The maximum absolute atomic E-state index is 13.2. The fourth-order valence-electron chi connectivity index (χ4n) is 4.80. The van der Waals surface area contributed by atoms with E-state index in [1.165, 1.54) is 31.2 Å². The summed E-state index contributed by atoms with van der Waals surface area (Å²) < 4.78 is 0. The van der Waals surface area contributed by atoms with Crippen molar-refractivity contribution >= 4 is 18.3 Å². The van der Waals surface area contributed by atoms with Gasteiger partial charge < -0.3 is 10.2 Å². The summed E-state index contributed by atoms with van der Waals surface area (Å²) >= 11 is 0. The van der Waals surface area contributed by atoms with Gasteiger partial charge in [0.05, 0.1) is 6.04 Å². The van der Waals surface area contributed by atoms with Crippen LogP contribution in [0.1, 0.15) is 76.8 Å². The Labute approximate surface area is 165 Å². The quantitative estimate of drug-likeness (QED) is 0.681. The molecule has 146 valence electrons. The van der Waals surface area contributed by atoms with Crippen molar-refractivity contribution in [1.82, 2.24) is 10.2 Å². The van der Waals surface area contributed by atoms with E-state index in [4.69, 9.17) is 0 Å². The Morgan fingerprint density at radius 3 is 2.38 bits per heavy atom. The van der Waals surface area contributed by atoms with Gasteiger partial charge in [-0.25, -0.2) is 0 Å². The van der Waals surface area contributed by atoms with E-state index in [-0.39, 0.29) is 18.4 Å². The lowest BCUT2D eigenvalue weighted by Gasteiger charge is -2.35. The van der Waals surface area contributed by atoms with Crippen LogP contribution in [0, 0.1) is 5.92 Å². The second kappa shape index (κ2) is 10.3. The minimum atomic E-state index is 0. The summed E-state index contributed by atoms with van der Waals surface area (Å²) in [5, 5.41) is 3.69. The first-order valence-corrected chi connectivity index (χ1v) is 10.3. The van der Waals surface area contributed by atoms with Crippen LogP contribution in [-0.2, 0) is 4.79 Å². The third kappa shape index (κ3) is 5.23. The molecule has 4 heteroatoms. The number of hydrogen-bond donors (Lipinski definition) is 1. The number of nitrogens with one attached hydrogen (secondary N) is 1. The van der Waals surface area contributed by atoms with E-state index in [2.05, 4.69) is 54.4 Å².